The first-order valence-corrected chi connectivity index (χ1v) is 4.03. The van der Waals surface area contributed by atoms with Gasteiger partial charge >= 0.3 is 5.82 Å². The van der Waals surface area contributed by atoms with Gasteiger partial charge < -0.3 is 10.1 Å². The van der Waals surface area contributed by atoms with Gasteiger partial charge in [-0.25, -0.2) is 9.55 Å². The molecule has 0 N–H and O–H groups in total. The second kappa shape index (κ2) is 2.83. The summed E-state index contributed by atoms with van der Waals surface area (Å²) >= 11 is 0. The molecule has 0 saturated carbocycles. The molecule has 0 aliphatic heterocycles. The van der Waals surface area contributed by atoms with Gasteiger partial charge in [-0.3, -0.25) is 0 Å². The van der Waals surface area contributed by atoms with Gasteiger partial charge in [0.15, 0.2) is 5.82 Å². The SMILES string of the molecule is Cc1ncc([N+](=O)[O-])n1C(C)(C)C. The average Bonchev–Trinajstić information content (AvgIpc) is 2.28. The van der Waals surface area contributed by atoms with E-state index in [9.17, 15) is 10.1 Å². The monoisotopic (exact) mass is 183 g/mol. The number of hydrogen-bond donors (Lipinski definition) is 0. The highest BCUT2D eigenvalue weighted by atomic mass is 16.6. The van der Waals surface area contributed by atoms with Crippen molar-refractivity contribution in [3.63, 3.8) is 0 Å². The molecule has 1 aromatic rings. The number of aryl methyl sites for hydroxylation is 1. The summed E-state index contributed by atoms with van der Waals surface area (Å²) < 4.78 is 1.62. The second-order valence-electron chi connectivity index (χ2n) is 3.93. The van der Waals surface area contributed by atoms with Gasteiger partial charge in [-0.05, 0) is 25.7 Å². The van der Waals surface area contributed by atoms with E-state index in [1.165, 1.54) is 6.20 Å². The van der Waals surface area contributed by atoms with Gasteiger partial charge in [0.25, 0.3) is 0 Å². The lowest BCUT2D eigenvalue weighted by Crippen LogP contribution is -2.24. The predicted octanol–water partition coefficient (Wildman–Crippen LogP) is 1.85. The molecule has 72 valence electrons. The molecular formula is C8H13N3O2. The molecule has 5 heteroatoms. The van der Waals surface area contributed by atoms with Crippen molar-refractivity contribution in [2.45, 2.75) is 33.2 Å². The molecule has 0 bridgehead atoms. The van der Waals surface area contributed by atoms with E-state index in [1.807, 2.05) is 20.8 Å². The standard InChI is InChI=1S/C8H13N3O2/c1-6-9-5-7(11(12)13)10(6)8(2,3)4/h5H,1-4H3. The minimum atomic E-state index is -0.411. The lowest BCUT2D eigenvalue weighted by atomic mass is 10.1. The molecule has 0 aliphatic rings. The minimum absolute atomic E-state index is 0.0463. The molecule has 1 aromatic heterocycles. The Bertz CT molecular complexity index is 336. The molecule has 0 radical (unpaired) electrons. The first-order valence-electron chi connectivity index (χ1n) is 4.03. The molecule has 0 atom stereocenters. The van der Waals surface area contributed by atoms with Crippen LogP contribution >= 0.6 is 0 Å². The molecular weight excluding hydrogens is 170 g/mol. The van der Waals surface area contributed by atoms with Crippen LogP contribution in [0.2, 0.25) is 0 Å². The zero-order chi connectivity index (χ0) is 10.2. The van der Waals surface area contributed by atoms with E-state index in [0.717, 1.165) is 0 Å². The van der Waals surface area contributed by atoms with Gasteiger partial charge in [0.2, 0.25) is 0 Å². The van der Waals surface area contributed by atoms with E-state index in [0.29, 0.717) is 5.82 Å². The van der Waals surface area contributed by atoms with Gasteiger partial charge in [0, 0.05) is 6.92 Å². The van der Waals surface area contributed by atoms with Gasteiger partial charge in [-0.1, -0.05) is 0 Å². The highest BCUT2D eigenvalue weighted by Crippen LogP contribution is 2.24. The van der Waals surface area contributed by atoms with Crippen LogP contribution in [0.5, 0.6) is 0 Å². The Morgan fingerprint density at radius 3 is 2.38 bits per heavy atom. The van der Waals surface area contributed by atoms with Crippen molar-refractivity contribution in [1.82, 2.24) is 9.55 Å². The van der Waals surface area contributed by atoms with Crippen LogP contribution in [0.3, 0.4) is 0 Å². The smallest absolute Gasteiger partial charge is 0.343 e. The molecule has 0 aromatic carbocycles. The van der Waals surface area contributed by atoms with E-state index in [2.05, 4.69) is 4.98 Å². The Morgan fingerprint density at radius 2 is 2.08 bits per heavy atom. The van der Waals surface area contributed by atoms with Crippen molar-refractivity contribution in [3.05, 3.63) is 22.1 Å². The van der Waals surface area contributed by atoms with Gasteiger partial charge in [-0.15, -0.1) is 0 Å². The van der Waals surface area contributed by atoms with Crippen molar-refractivity contribution in [2.24, 2.45) is 0 Å². The van der Waals surface area contributed by atoms with Crippen LogP contribution in [0.1, 0.15) is 26.6 Å². The van der Waals surface area contributed by atoms with E-state index >= 15 is 0 Å². The van der Waals surface area contributed by atoms with Crippen molar-refractivity contribution in [2.75, 3.05) is 0 Å². The largest absolute Gasteiger partial charge is 0.358 e. The van der Waals surface area contributed by atoms with Crippen LogP contribution in [0.4, 0.5) is 5.82 Å². The Balaban J connectivity index is 3.33. The second-order valence-corrected chi connectivity index (χ2v) is 3.93. The van der Waals surface area contributed by atoms with Gasteiger partial charge in [0.1, 0.15) is 11.7 Å². The number of nitrogens with zero attached hydrogens (tertiary/aromatic N) is 3. The Hall–Kier alpha value is -1.39. The molecule has 0 unspecified atom stereocenters. The summed E-state index contributed by atoms with van der Waals surface area (Å²) in [6, 6.07) is 0. The third-order valence-corrected chi connectivity index (χ3v) is 1.78. The summed E-state index contributed by atoms with van der Waals surface area (Å²) in [6.07, 6.45) is 1.29. The molecule has 1 rings (SSSR count). The first kappa shape index (κ1) is 9.70. The highest BCUT2D eigenvalue weighted by Gasteiger charge is 2.28. The molecule has 1 heterocycles. The fourth-order valence-corrected chi connectivity index (χ4v) is 1.39. The quantitative estimate of drug-likeness (QED) is 0.493. The number of imidazole rings is 1. The van der Waals surface area contributed by atoms with Gasteiger partial charge in [-0.2, -0.15) is 0 Å². The van der Waals surface area contributed by atoms with Crippen molar-refractivity contribution in [3.8, 4) is 0 Å². The van der Waals surface area contributed by atoms with Crippen LogP contribution in [0.25, 0.3) is 0 Å². The van der Waals surface area contributed by atoms with Crippen molar-refractivity contribution in [1.29, 1.82) is 0 Å². The fourth-order valence-electron chi connectivity index (χ4n) is 1.39. The van der Waals surface area contributed by atoms with Gasteiger partial charge in [0.05, 0.1) is 0 Å². The first-order chi connectivity index (χ1) is 5.84. The number of nitro groups is 1. The number of aromatic nitrogens is 2. The van der Waals surface area contributed by atoms with E-state index in [1.54, 1.807) is 11.5 Å². The maximum Gasteiger partial charge on any atom is 0.343 e. The maximum absolute atomic E-state index is 10.6. The normalized spacial score (nSPS) is 11.7. The third kappa shape index (κ3) is 1.68. The van der Waals surface area contributed by atoms with E-state index in [4.69, 9.17) is 0 Å². The summed E-state index contributed by atoms with van der Waals surface area (Å²) in [5.41, 5.74) is -0.303. The van der Waals surface area contributed by atoms with E-state index in [-0.39, 0.29) is 11.4 Å². The summed E-state index contributed by atoms with van der Waals surface area (Å²) in [4.78, 5) is 14.1. The van der Waals surface area contributed by atoms with Crippen molar-refractivity contribution >= 4 is 5.82 Å². The summed E-state index contributed by atoms with van der Waals surface area (Å²) in [5.74, 6) is 0.712. The summed E-state index contributed by atoms with van der Waals surface area (Å²) in [7, 11) is 0. The third-order valence-electron chi connectivity index (χ3n) is 1.78. The number of rotatable bonds is 1. The topological polar surface area (TPSA) is 61.0 Å². The number of hydrogen-bond acceptors (Lipinski definition) is 3. The predicted molar refractivity (Wildman–Crippen MR) is 48.6 cm³/mol. The van der Waals surface area contributed by atoms with Crippen LogP contribution < -0.4 is 0 Å². The molecule has 0 amide bonds. The zero-order valence-electron chi connectivity index (χ0n) is 8.24. The molecule has 5 nitrogen and oxygen atoms in total. The molecule has 0 saturated heterocycles. The molecule has 0 spiro atoms. The lowest BCUT2D eigenvalue weighted by Gasteiger charge is -2.17. The van der Waals surface area contributed by atoms with Crippen LogP contribution in [0.15, 0.2) is 6.20 Å². The molecule has 0 aliphatic carbocycles. The van der Waals surface area contributed by atoms with Crippen molar-refractivity contribution < 1.29 is 4.92 Å². The Kier molecular flexibility index (Phi) is 2.11. The molecule has 13 heavy (non-hydrogen) atoms. The zero-order valence-corrected chi connectivity index (χ0v) is 8.24. The fraction of sp³-hybridized carbons (Fsp3) is 0.625. The Labute approximate surface area is 76.5 Å². The molecule has 0 fully saturated rings. The lowest BCUT2D eigenvalue weighted by molar-refractivity contribution is -0.393. The summed E-state index contributed by atoms with van der Waals surface area (Å²) in [6.45, 7) is 7.50. The average molecular weight is 183 g/mol. The Morgan fingerprint density at radius 1 is 1.54 bits per heavy atom. The van der Waals surface area contributed by atoms with Crippen LogP contribution in [0, 0.1) is 17.0 Å². The minimum Gasteiger partial charge on any atom is -0.358 e. The summed E-state index contributed by atoms with van der Waals surface area (Å²) in [5, 5.41) is 10.6. The maximum atomic E-state index is 10.6. The van der Waals surface area contributed by atoms with Crippen LogP contribution in [-0.4, -0.2) is 14.5 Å². The van der Waals surface area contributed by atoms with Crippen LogP contribution in [-0.2, 0) is 5.54 Å². The highest BCUT2D eigenvalue weighted by molar-refractivity contribution is 5.21. The van der Waals surface area contributed by atoms with E-state index < -0.39 is 4.92 Å².